The van der Waals surface area contributed by atoms with Crippen molar-refractivity contribution in [1.82, 2.24) is 15.2 Å². The Morgan fingerprint density at radius 3 is 2.72 bits per heavy atom. The van der Waals surface area contributed by atoms with Gasteiger partial charge in [0.25, 0.3) is 0 Å². The molecule has 7 heteroatoms. The Labute approximate surface area is 119 Å². The highest BCUT2D eigenvalue weighted by Crippen LogP contribution is 2.23. The van der Waals surface area contributed by atoms with Gasteiger partial charge in [-0.25, -0.2) is 4.68 Å². The molecule has 0 amide bonds. The predicted octanol–water partition coefficient (Wildman–Crippen LogP) is 2.74. The number of rotatable bonds is 6. The Bertz CT molecular complexity index is 478. The van der Waals surface area contributed by atoms with Gasteiger partial charge in [-0.2, -0.15) is 10.2 Å². The number of nitrogens with zero attached hydrogens (tertiary/aromatic N) is 3. The molecule has 2 N–H and O–H groups in total. The standard InChI is InChI=1S/C11H18BrN5S/c1-5-14-15-6-7(2)8(3)9(4)17-11(13)18-10(12)16-17/h5-9,13-14H,1H2,2-4H3/b13-11?,15-6-/t7?,8-,9+/m1/s1. The Balaban J connectivity index is 2.77. The van der Waals surface area contributed by atoms with Crippen molar-refractivity contribution in [3.05, 3.63) is 21.5 Å². The number of aromatic nitrogens is 2. The Morgan fingerprint density at radius 2 is 2.22 bits per heavy atom. The van der Waals surface area contributed by atoms with E-state index in [0.717, 1.165) is 3.92 Å². The van der Waals surface area contributed by atoms with E-state index in [1.54, 1.807) is 4.68 Å². The quantitative estimate of drug-likeness (QED) is 0.621. The van der Waals surface area contributed by atoms with Crippen LogP contribution < -0.4 is 10.2 Å². The summed E-state index contributed by atoms with van der Waals surface area (Å²) in [6.07, 6.45) is 3.39. The summed E-state index contributed by atoms with van der Waals surface area (Å²) in [5, 5.41) is 16.2. The molecule has 0 aliphatic carbocycles. The van der Waals surface area contributed by atoms with E-state index in [9.17, 15) is 0 Å². The topological polar surface area (TPSA) is 66.1 Å². The molecule has 5 nitrogen and oxygen atoms in total. The first-order chi connectivity index (χ1) is 8.47. The normalized spacial score (nSPS) is 16.4. The summed E-state index contributed by atoms with van der Waals surface area (Å²) in [5.41, 5.74) is 2.70. The molecular weight excluding hydrogens is 314 g/mol. The van der Waals surface area contributed by atoms with Gasteiger partial charge in [-0.3, -0.25) is 10.8 Å². The van der Waals surface area contributed by atoms with Crippen LogP contribution in [-0.4, -0.2) is 16.0 Å². The average Bonchev–Trinajstić information content (AvgIpc) is 2.66. The van der Waals surface area contributed by atoms with Crippen LogP contribution in [0.4, 0.5) is 0 Å². The van der Waals surface area contributed by atoms with E-state index >= 15 is 0 Å². The van der Waals surface area contributed by atoms with Gasteiger partial charge in [-0.15, -0.1) is 0 Å². The van der Waals surface area contributed by atoms with E-state index < -0.39 is 0 Å². The fraction of sp³-hybridized carbons (Fsp3) is 0.545. The van der Waals surface area contributed by atoms with E-state index in [0.29, 0.717) is 10.7 Å². The van der Waals surface area contributed by atoms with Crippen LogP contribution in [-0.2, 0) is 0 Å². The molecule has 0 bridgehead atoms. The van der Waals surface area contributed by atoms with Crippen LogP contribution >= 0.6 is 27.3 Å². The van der Waals surface area contributed by atoms with Crippen LogP contribution in [0.1, 0.15) is 26.8 Å². The van der Waals surface area contributed by atoms with Crippen LogP contribution in [0.3, 0.4) is 0 Å². The first-order valence-electron chi connectivity index (χ1n) is 5.66. The van der Waals surface area contributed by atoms with Crippen LogP contribution in [0.15, 0.2) is 21.8 Å². The van der Waals surface area contributed by atoms with E-state index in [1.165, 1.54) is 17.5 Å². The van der Waals surface area contributed by atoms with Gasteiger partial charge in [0.2, 0.25) is 4.80 Å². The third-order valence-electron chi connectivity index (χ3n) is 3.03. The minimum atomic E-state index is 0.144. The fourth-order valence-corrected chi connectivity index (χ4v) is 2.78. The SMILES string of the molecule is C=CN/N=C\C(C)[C@@H](C)[C@H](C)n1nc(Br)sc1=N. The largest absolute Gasteiger partial charge is 0.287 e. The first kappa shape index (κ1) is 15.1. The number of nitrogens with one attached hydrogen (secondary N) is 2. The summed E-state index contributed by atoms with van der Waals surface area (Å²) in [4.78, 5) is 0.453. The van der Waals surface area contributed by atoms with Gasteiger partial charge in [0, 0.05) is 12.4 Å². The summed E-state index contributed by atoms with van der Waals surface area (Å²) < 4.78 is 2.48. The maximum Gasteiger partial charge on any atom is 0.201 e. The van der Waals surface area contributed by atoms with E-state index in [1.807, 2.05) is 6.21 Å². The molecule has 1 aromatic rings. The molecule has 100 valence electrons. The lowest BCUT2D eigenvalue weighted by Crippen LogP contribution is -2.28. The lowest BCUT2D eigenvalue weighted by atomic mass is 9.91. The zero-order valence-electron chi connectivity index (χ0n) is 10.7. The molecule has 1 unspecified atom stereocenters. The molecule has 0 saturated carbocycles. The fourth-order valence-electron chi connectivity index (χ4n) is 1.56. The van der Waals surface area contributed by atoms with Crippen molar-refractivity contribution in [2.45, 2.75) is 26.8 Å². The molecule has 1 heterocycles. The van der Waals surface area contributed by atoms with E-state index in [2.05, 4.69) is 58.9 Å². The van der Waals surface area contributed by atoms with Gasteiger partial charge in [0.05, 0.1) is 6.04 Å². The van der Waals surface area contributed by atoms with Crippen molar-refractivity contribution in [3.63, 3.8) is 0 Å². The number of hydrogen-bond acceptors (Lipinski definition) is 5. The molecule has 0 aliphatic rings. The number of halogens is 1. The number of hydrogen-bond donors (Lipinski definition) is 2. The predicted molar refractivity (Wildman–Crippen MR) is 78.5 cm³/mol. The Morgan fingerprint density at radius 1 is 1.56 bits per heavy atom. The van der Waals surface area contributed by atoms with Crippen LogP contribution in [0.2, 0.25) is 0 Å². The van der Waals surface area contributed by atoms with Crippen molar-refractivity contribution >= 4 is 33.5 Å². The molecule has 0 radical (unpaired) electrons. The monoisotopic (exact) mass is 331 g/mol. The summed E-state index contributed by atoms with van der Waals surface area (Å²) in [7, 11) is 0. The third-order valence-corrected chi connectivity index (χ3v) is 4.30. The van der Waals surface area contributed by atoms with Gasteiger partial charge in [0.15, 0.2) is 3.92 Å². The van der Waals surface area contributed by atoms with Gasteiger partial charge in [0.1, 0.15) is 0 Å². The highest BCUT2D eigenvalue weighted by Gasteiger charge is 2.21. The molecule has 18 heavy (non-hydrogen) atoms. The Kier molecular flexibility index (Phi) is 5.74. The van der Waals surface area contributed by atoms with Crippen molar-refractivity contribution in [2.24, 2.45) is 16.9 Å². The summed E-state index contributed by atoms with van der Waals surface area (Å²) in [6, 6.07) is 0.144. The molecule has 3 atom stereocenters. The van der Waals surface area contributed by atoms with E-state index in [4.69, 9.17) is 5.41 Å². The second kappa shape index (κ2) is 6.84. The molecule has 0 aliphatic heterocycles. The maximum atomic E-state index is 7.85. The molecule has 0 spiro atoms. The molecule has 1 rings (SSSR count). The molecular formula is C11H18BrN5S. The van der Waals surface area contributed by atoms with Gasteiger partial charge < -0.3 is 0 Å². The van der Waals surface area contributed by atoms with Crippen molar-refractivity contribution in [1.29, 1.82) is 5.41 Å². The summed E-state index contributed by atoms with van der Waals surface area (Å²) in [6.45, 7) is 9.83. The van der Waals surface area contributed by atoms with Crippen LogP contribution in [0.25, 0.3) is 0 Å². The van der Waals surface area contributed by atoms with E-state index in [-0.39, 0.29) is 12.0 Å². The van der Waals surface area contributed by atoms with Gasteiger partial charge in [-0.05, 0) is 34.7 Å². The first-order valence-corrected chi connectivity index (χ1v) is 7.27. The second-order valence-electron chi connectivity index (χ2n) is 4.17. The van der Waals surface area contributed by atoms with Gasteiger partial charge >= 0.3 is 0 Å². The second-order valence-corrected chi connectivity index (χ2v) is 6.43. The van der Waals surface area contributed by atoms with Crippen molar-refractivity contribution < 1.29 is 0 Å². The molecule has 0 aromatic carbocycles. The van der Waals surface area contributed by atoms with Crippen LogP contribution in [0.5, 0.6) is 0 Å². The molecule has 1 aromatic heterocycles. The highest BCUT2D eigenvalue weighted by atomic mass is 79.9. The lowest BCUT2D eigenvalue weighted by Gasteiger charge is -2.23. The summed E-state index contributed by atoms with van der Waals surface area (Å²) >= 11 is 4.63. The summed E-state index contributed by atoms with van der Waals surface area (Å²) in [5.74, 6) is 0.600. The molecule has 0 saturated heterocycles. The smallest absolute Gasteiger partial charge is 0.201 e. The number of hydrazone groups is 1. The lowest BCUT2D eigenvalue weighted by molar-refractivity contribution is 0.302. The maximum absolute atomic E-state index is 7.85. The Hall–Kier alpha value is -0.950. The zero-order valence-corrected chi connectivity index (χ0v) is 13.1. The van der Waals surface area contributed by atoms with Crippen molar-refractivity contribution in [2.75, 3.05) is 0 Å². The third kappa shape index (κ3) is 3.78. The molecule has 0 fully saturated rings. The minimum Gasteiger partial charge on any atom is -0.287 e. The van der Waals surface area contributed by atoms with Gasteiger partial charge in [-0.1, -0.05) is 31.8 Å². The zero-order chi connectivity index (χ0) is 13.7. The van der Waals surface area contributed by atoms with Crippen LogP contribution in [0, 0.1) is 17.2 Å². The van der Waals surface area contributed by atoms with Crippen molar-refractivity contribution in [3.8, 4) is 0 Å². The average molecular weight is 332 g/mol. The minimum absolute atomic E-state index is 0.144. The highest BCUT2D eigenvalue weighted by molar-refractivity contribution is 9.11.